The van der Waals surface area contributed by atoms with Crippen LogP contribution in [0.3, 0.4) is 0 Å². The van der Waals surface area contributed by atoms with Crippen LogP contribution in [0.4, 0.5) is 0 Å². The van der Waals surface area contributed by atoms with E-state index in [4.69, 9.17) is 5.73 Å². The summed E-state index contributed by atoms with van der Waals surface area (Å²) in [5, 5.41) is 10.1. The summed E-state index contributed by atoms with van der Waals surface area (Å²) < 4.78 is 0. The molecule has 0 radical (unpaired) electrons. The molecule has 4 nitrogen and oxygen atoms in total. The number of ketones is 1. The number of aromatic nitrogens is 1. The van der Waals surface area contributed by atoms with Gasteiger partial charge >= 0.3 is 0 Å². The Labute approximate surface area is 80.3 Å². The van der Waals surface area contributed by atoms with Gasteiger partial charge in [-0.05, 0) is 18.2 Å². The molecule has 0 amide bonds. The van der Waals surface area contributed by atoms with Crippen LogP contribution in [0.15, 0.2) is 24.3 Å². The summed E-state index contributed by atoms with van der Waals surface area (Å²) in [5.41, 5.74) is 6.45. The fourth-order valence-electron chi connectivity index (χ4n) is 1.38. The molecule has 2 aromatic rings. The van der Waals surface area contributed by atoms with Crippen LogP contribution in [0.2, 0.25) is 0 Å². The van der Waals surface area contributed by atoms with E-state index in [0.717, 1.165) is 10.9 Å². The summed E-state index contributed by atoms with van der Waals surface area (Å²) in [6, 6.07) is 6.62. The average Bonchev–Trinajstić information content (AvgIpc) is 2.59. The van der Waals surface area contributed by atoms with E-state index < -0.39 is 0 Å². The number of nitrogens with one attached hydrogen (secondary N) is 1. The predicted octanol–water partition coefficient (Wildman–Crippen LogP) is 1.01. The van der Waals surface area contributed by atoms with Crippen LogP contribution >= 0.6 is 0 Å². The Hall–Kier alpha value is -1.81. The Morgan fingerprint density at radius 1 is 1.43 bits per heavy atom. The van der Waals surface area contributed by atoms with Crippen LogP contribution in [0, 0.1) is 0 Å². The summed E-state index contributed by atoms with van der Waals surface area (Å²) in [7, 11) is 0. The highest BCUT2D eigenvalue weighted by atomic mass is 16.3. The number of hydrogen-bond acceptors (Lipinski definition) is 3. The number of aromatic hydroxyl groups is 1. The zero-order chi connectivity index (χ0) is 10.1. The van der Waals surface area contributed by atoms with Crippen LogP contribution in [0.1, 0.15) is 10.5 Å². The first-order valence-corrected chi connectivity index (χ1v) is 4.25. The van der Waals surface area contributed by atoms with Gasteiger partial charge in [0.15, 0.2) is 5.78 Å². The van der Waals surface area contributed by atoms with Crippen molar-refractivity contribution in [1.82, 2.24) is 4.98 Å². The molecule has 0 spiro atoms. The Morgan fingerprint density at radius 2 is 2.21 bits per heavy atom. The number of carbonyl (C=O) groups excluding carboxylic acids is 1. The van der Waals surface area contributed by atoms with Crippen molar-refractivity contribution < 1.29 is 9.90 Å². The van der Waals surface area contributed by atoms with Gasteiger partial charge in [-0.1, -0.05) is 0 Å². The molecule has 0 saturated heterocycles. The van der Waals surface area contributed by atoms with Crippen molar-refractivity contribution in [3.05, 3.63) is 30.0 Å². The lowest BCUT2D eigenvalue weighted by Gasteiger charge is -1.91. The summed E-state index contributed by atoms with van der Waals surface area (Å²) in [6.45, 7) is -0.0151. The average molecular weight is 190 g/mol. The molecule has 0 unspecified atom stereocenters. The number of Topliss-reactive ketones (excluding diaryl/α,β-unsaturated/α-hetero) is 1. The van der Waals surface area contributed by atoms with Gasteiger partial charge in [0.1, 0.15) is 5.75 Å². The predicted molar refractivity (Wildman–Crippen MR) is 53.3 cm³/mol. The number of aromatic amines is 1. The van der Waals surface area contributed by atoms with Crippen molar-refractivity contribution in [3.8, 4) is 5.75 Å². The zero-order valence-corrected chi connectivity index (χ0v) is 7.45. The van der Waals surface area contributed by atoms with Gasteiger partial charge in [-0.2, -0.15) is 0 Å². The molecule has 4 heteroatoms. The van der Waals surface area contributed by atoms with Gasteiger partial charge in [0, 0.05) is 17.0 Å². The van der Waals surface area contributed by atoms with E-state index in [1.807, 2.05) is 0 Å². The Balaban J connectivity index is 2.56. The Kier molecular flexibility index (Phi) is 1.98. The van der Waals surface area contributed by atoms with E-state index in [2.05, 4.69) is 4.98 Å². The Bertz CT molecular complexity index is 488. The van der Waals surface area contributed by atoms with Gasteiger partial charge in [-0.25, -0.2) is 0 Å². The van der Waals surface area contributed by atoms with Crippen molar-refractivity contribution in [1.29, 1.82) is 0 Å². The van der Waals surface area contributed by atoms with Crippen molar-refractivity contribution >= 4 is 16.7 Å². The molecule has 0 aliphatic rings. The molecule has 1 aromatic heterocycles. The minimum Gasteiger partial charge on any atom is -0.508 e. The molecule has 1 aromatic carbocycles. The monoisotopic (exact) mass is 190 g/mol. The van der Waals surface area contributed by atoms with E-state index >= 15 is 0 Å². The lowest BCUT2D eigenvalue weighted by molar-refractivity contribution is 0.0997. The lowest BCUT2D eigenvalue weighted by atomic mass is 10.2. The highest BCUT2D eigenvalue weighted by Gasteiger charge is 2.07. The molecule has 0 atom stereocenters. The maximum atomic E-state index is 11.2. The first-order valence-electron chi connectivity index (χ1n) is 4.25. The third kappa shape index (κ3) is 1.36. The number of H-pyrrole nitrogens is 1. The van der Waals surface area contributed by atoms with Gasteiger partial charge < -0.3 is 15.8 Å². The maximum Gasteiger partial charge on any atom is 0.192 e. The molecule has 1 heterocycles. The van der Waals surface area contributed by atoms with Gasteiger partial charge in [0.05, 0.1) is 12.2 Å². The smallest absolute Gasteiger partial charge is 0.192 e. The second kappa shape index (κ2) is 3.16. The molecule has 0 aliphatic heterocycles. The van der Waals surface area contributed by atoms with E-state index in [1.165, 1.54) is 0 Å². The van der Waals surface area contributed by atoms with E-state index in [1.54, 1.807) is 24.3 Å². The number of nitrogens with two attached hydrogens (primary N) is 1. The number of benzene rings is 1. The molecule has 2 rings (SSSR count). The second-order valence-corrected chi connectivity index (χ2v) is 3.08. The van der Waals surface area contributed by atoms with Crippen molar-refractivity contribution in [2.24, 2.45) is 5.73 Å². The van der Waals surface area contributed by atoms with Crippen molar-refractivity contribution in [3.63, 3.8) is 0 Å². The molecule has 0 bridgehead atoms. The number of fused-ring (bicyclic) bond motifs is 1. The summed E-state index contributed by atoms with van der Waals surface area (Å²) in [6.07, 6.45) is 0. The SMILES string of the molecule is NCC(=O)c1cc2ccc(O)cc2[nH]1. The molecular formula is C10H10N2O2. The number of rotatable bonds is 2. The van der Waals surface area contributed by atoms with Crippen LogP contribution < -0.4 is 5.73 Å². The molecule has 0 aliphatic carbocycles. The number of phenols is 1. The van der Waals surface area contributed by atoms with Gasteiger partial charge in [-0.3, -0.25) is 4.79 Å². The van der Waals surface area contributed by atoms with Crippen LogP contribution in [-0.2, 0) is 0 Å². The van der Waals surface area contributed by atoms with E-state index in [-0.39, 0.29) is 18.1 Å². The molecule has 14 heavy (non-hydrogen) atoms. The van der Waals surface area contributed by atoms with Crippen molar-refractivity contribution in [2.75, 3.05) is 6.54 Å². The second-order valence-electron chi connectivity index (χ2n) is 3.08. The highest BCUT2D eigenvalue weighted by Crippen LogP contribution is 2.20. The fraction of sp³-hybridized carbons (Fsp3) is 0.100. The quantitative estimate of drug-likeness (QED) is 0.618. The zero-order valence-electron chi connectivity index (χ0n) is 7.45. The topological polar surface area (TPSA) is 79.1 Å². The third-order valence-electron chi connectivity index (χ3n) is 2.09. The van der Waals surface area contributed by atoms with E-state index in [0.29, 0.717) is 5.69 Å². The normalized spacial score (nSPS) is 10.6. The molecule has 72 valence electrons. The van der Waals surface area contributed by atoms with Crippen LogP contribution in [0.5, 0.6) is 5.75 Å². The van der Waals surface area contributed by atoms with Crippen LogP contribution in [-0.4, -0.2) is 22.4 Å². The molecule has 4 N–H and O–H groups in total. The van der Waals surface area contributed by atoms with Crippen LogP contribution in [0.25, 0.3) is 10.9 Å². The third-order valence-corrected chi connectivity index (χ3v) is 2.09. The maximum absolute atomic E-state index is 11.2. The first kappa shape index (κ1) is 8.77. The number of hydrogen-bond donors (Lipinski definition) is 3. The van der Waals surface area contributed by atoms with Gasteiger partial charge in [0.2, 0.25) is 0 Å². The minimum atomic E-state index is -0.138. The van der Waals surface area contributed by atoms with Crippen molar-refractivity contribution in [2.45, 2.75) is 0 Å². The van der Waals surface area contributed by atoms with E-state index in [9.17, 15) is 9.90 Å². The molecule has 0 saturated carbocycles. The number of phenolic OH excluding ortho intramolecular Hbond substituents is 1. The van der Waals surface area contributed by atoms with Gasteiger partial charge in [-0.15, -0.1) is 0 Å². The first-order chi connectivity index (χ1) is 6.70. The summed E-state index contributed by atoms with van der Waals surface area (Å²) in [4.78, 5) is 14.1. The Morgan fingerprint density at radius 3 is 2.93 bits per heavy atom. The largest absolute Gasteiger partial charge is 0.508 e. The number of carbonyl (C=O) groups is 1. The fourth-order valence-corrected chi connectivity index (χ4v) is 1.38. The minimum absolute atomic E-state index is 0.0151. The van der Waals surface area contributed by atoms with Gasteiger partial charge in [0.25, 0.3) is 0 Å². The lowest BCUT2D eigenvalue weighted by Crippen LogP contribution is -2.13. The molecular weight excluding hydrogens is 180 g/mol. The highest BCUT2D eigenvalue weighted by molar-refractivity contribution is 6.00. The molecule has 0 fully saturated rings. The summed E-state index contributed by atoms with van der Waals surface area (Å²) >= 11 is 0. The summed E-state index contributed by atoms with van der Waals surface area (Å²) in [5.74, 6) is 0.0341. The standard InChI is InChI=1S/C10H10N2O2/c11-5-10(14)9-3-6-1-2-7(13)4-8(6)12-9/h1-4,12-13H,5,11H2.